The molecule has 0 N–H and O–H groups in total. The smallest absolute Gasteiger partial charge is 0.227 e. The maximum atomic E-state index is 12.9. The van der Waals surface area contributed by atoms with Gasteiger partial charge in [0.15, 0.2) is 0 Å². The number of aryl methyl sites for hydroxylation is 1. The molecule has 1 unspecified atom stereocenters. The lowest BCUT2D eigenvalue weighted by atomic mass is 9.62. The van der Waals surface area contributed by atoms with Crippen molar-refractivity contribution in [3.8, 4) is 0 Å². The van der Waals surface area contributed by atoms with Crippen LogP contribution in [0.4, 0.5) is 0 Å². The fourth-order valence-corrected chi connectivity index (χ4v) is 5.23. The van der Waals surface area contributed by atoms with E-state index >= 15 is 0 Å². The average Bonchev–Trinajstić information content (AvgIpc) is 3.29. The molecule has 1 saturated carbocycles. The van der Waals surface area contributed by atoms with Crippen LogP contribution in [0, 0.1) is 18.3 Å². The van der Waals surface area contributed by atoms with Crippen molar-refractivity contribution in [3.63, 3.8) is 0 Å². The van der Waals surface area contributed by atoms with E-state index in [1.165, 1.54) is 24.8 Å². The molecular weight excluding hydrogens is 336 g/mol. The first-order valence-electron chi connectivity index (χ1n) is 10.7. The number of nitrogens with zero attached hydrogens (tertiary/aromatic N) is 2. The Morgan fingerprint density at radius 2 is 1.70 bits per heavy atom. The van der Waals surface area contributed by atoms with Gasteiger partial charge in [-0.3, -0.25) is 9.59 Å². The standard InChI is InChI=1S/C23H32N2O2/c1-18-5-7-19(8-6-18)15-22(27)25-16-20(23(17-25)11-4-12-23)9-10-21(26)24-13-2-3-14-24/h5-8,20H,2-4,9-17H2,1H3. The lowest BCUT2D eigenvalue weighted by Crippen LogP contribution is -2.39. The van der Waals surface area contributed by atoms with Gasteiger partial charge in [0.2, 0.25) is 11.8 Å². The summed E-state index contributed by atoms with van der Waals surface area (Å²) in [4.78, 5) is 29.4. The zero-order valence-corrected chi connectivity index (χ0v) is 16.6. The lowest BCUT2D eigenvalue weighted by Gasteiger charge is -2.43. The summed E-state index contributed by atoms with van der Waals surface area (Å²) >= 11 is 0. The van der Waals surface area contributed by atoms with Gasteiger partial charge in [0.05, 0.1) is 6.42 Å². The van der Waals surface area contributed by atoms with E-state index in [4.69, 9.17) is 0 Å². The van der Waals surface area contributed by atoms with Gasteiger partial charge >= 0.3 is 0 Å². The van der Waals surface area contributed by atoms with Crippen molar-refractivity contribution < 1.29 is 9.59 Å². The van der Waals surface area contributed by atoms with Crippen LogP contribution in [-0.4, -0.2) is 47.8 Å². The third-order valence-electron chi connectivity index (χ3n) is 7.16. The van der Waals surface area contributed by atoms with Crippen molar-refractivity contribution in [1.82, 2.24) is 9.80 Å². The number of likely N-dealkylation sites (tertiary alicyclic amines) is 2. The molecule has 1 aromatic rings. The van der Waals surface area contributed by atoms with Crippen molar-refractivity contribution >= 4 is 11.8 Å². The Bertz CT molecular complexity index is 687. The SMILES string of the molecule is Cc1ccc(CC(=O)N2CC(CCC(=O)N3CCCC3)C3(CCC3)C2)cc1. The Labute approximate surface area is 162 Å². The fraction of sp³-hybridized carbons (Fsp3) is 0.652. The van der Waals surface area contributed by atoms with Gasteiger partial charge in [-0.15, -0.1) is 0 Å². The molecule has 3 aliphatic rings. The van der Waals surface area contributed by atoms with Crippen LogP contribution in [0.15, 0.2) is 24.3 Å². The van der Waals surface area contributed by atoms with Crippen molar-refractivity contribution in [1.29, 1.82) is 0 Å². The molecule has 4 nitrogen and oxygen atoms in total. The van der Waals surface area contributed by atoms with Gasteiger partial charge in [-0.2, -0.15) is 0 Å². The molecule has 2 heterocycles. The van der Waals surface area contributed by atoms with E-state index in [0.717, 1.165) is 51.0 Å². The molecule has 146 valence electrons. The van der Waals surface area contributed by atoms with Crippen LogP contribution in [0.25, 0.3) is 0 Å². The summed E-state index contributed by atoms with van der Waals surface area (Å²) in [7, 11) is 0. The maximum absolute atomic E-state index is 12.9. The van der Waals surface area contributed by atoms with E-state index in [2.05, 4.69) is 36.1 Å². The van der Waals surface area contributed by atoms with E-state index in [-0.39, 0.29) is 5.91 Å². The van der Waals surface area contributed by atoms with Crippen LogP contribution >= 0.6 is 0 Å². The summed E-state index contributed by atoms with van der Waals surface area (Å²) in [6.07, 6.45) is 8.14. The molecule has 2 amide bonds. The van der Waals surface area contributed by atoms with Crippen molar-refractivity contribution in [3.05, 3.63) is 35.4 Å². The molecule has 1 aromatic carbocycles. The highest BCUT2D eigenvalue weighted by Crippen LogP contribution is 2.53. The second-order valence-corrected chi connectivity index (χ2v) is 8.98. The molecule has 0 radical (unpaired) electrons. The van der Waals surface area contributed by atoms with Gasteiger partial charge < -0.3 is 9.80 Å². The topological polar surface area (TPSA) is 40.6 Å². The molecule has 27 heavy (non-hydrogen) atoms. The van der Waals surface area contributed by atoms with Gasteiger partial charge in [-0.05, 0) is 55.9 Å². The maximum Gasteiger partial charge on any atom is 0.227 e. The number of carbonyl (C=O) groups is 2. The highest BCUT2D eigenvalue weighted by molar-refractivity contribution is 5.79. The quantitative estimate of drug-likeness (QED) is 0.797. The van der Waals surface area contributed by atoms with E-state index in [1.807, 2.05) is 4.90 Å². The van der Waals surface area contributed by atoms with Gasteiger partial charge in [0.25, 0.3) is 0 Å². The minimum atomic E-state index is 0.249. The summed E-state index contributed by atoms with van der Waals surface area (Å²) < 4.78 is 0. The Morgan fingerprint density at radius 3 is 2.33 bits per heavy atom. The minimum Gasteiger partial charge on any atom is -0.343 e. The summed E-state index contributed by atoms with van der Waals surface area (Å²) in [5.41, 5.74) is 2.62. The van der Waals surface area contributed by atoms with Crippen LogP contribution in [0.5, 0.6) is 0 Å². The molecule has 2 saturated heterocycles. The van der Waals surface area contributed by atoms with Crippen LogP contribution in [0.2, 0.25) is 0 Å². The lowest BCUT2D eigenvalue weighted by molar-refractivity contribution is -0.131. The third-order valence-corrected chi connectivity index (χ3v) is 7.16. The largest absolute Gasteiger partial charge is 0.343 e. The molecule has 2 aliphatic heterocycles. The second-order valence-electron chi connectivity index (χ2n) is 8.98. The molecule has 1 aliphatic carbocycles. The van der Waals surface area contributed by atoms with E-state index in [9.17, 15) is 9.59 Å². The van der Waals surface area contributed by atoms with Crippen molar-refractivity contribution in [2.45, 2.75) is 58.3 Å². The van der Waals surface area contributed by atoms with E-state index in [1.54, 1.807) is 0 Å². The number of amides is 2. The highest BCUT2D eigenvalue weighted by atomic mass is 16.2. The third kappa shape index (κ3) is 3.90. The summed E-state index contributed by atoms with van der Waals surface area (Å²) in [6, 6.07) is 8.28. The highest BCUT2D eigenvalue weighted by Gasteiger charge is 2.50. The first-order chi connectivity index (χ1) is 13.1. The Kier molecular flexibility index (Phi) is 5.25. The van der Waals surface area contributed by atoms with Crippen LogP contribution in [-0.2, 0) is 16.0 Å². The Morgan fingerprint density at radius 1 is 1.00 bits per heavy atom. The average molecular weight is 369 g/mol. The van der Waals surface area contributed by atoms with E-state index in [0.29, 0.717) is 30.1 Å². The summed E-state index contributed by atoms with van der Waals surface area (Å²) in [5.74, 6) is 1.07. The van der Waals surface area contributed by atoms with Crippen molar-refractivity contribution in [2.75, 3.05) is 26.2 Å². The number of rotatable bonds is 5. The zero-order chi connectivity index (χ0) is 18.9. The minimum absolute atomic E-state index is 0.249. The molecule has 0 aromatic heterocycles. The number of hydrogen-bond acceptors (Lipinski definition) is 2. The number of hydrogen-bond donors (Lipinski definition) is 0. The number of carbonyl (C=O) groups excluding carboxylic acids is 2. The van der Waals surface area contributed by atoms with Gasteiger partial charge in [0, 0.05) is 32.6 Å². The molecule has 1 atom stereocenters. The van der Waals surface area contributed by atoms with E-state index < -0.39 is 0 Å². The van der Waals surface area contributed by atoms with Crippen LogP contribution < -0.4 is 0 Å². The van der Waals surface area contributed by atoms with Gasteiger partial charge in [-0.25, -0.2) is 0 Å². The molecule has 4 heteroatoms. The first kappa shape index (κ1) is 18.5. The van der Waals surface area contributed by atoms with Gasteiger partial charge in [-0.1, -0.05) is 36.2 Å². The predicted molar refractivity (Wildman–Crippen MR) is 106 cm³/mol. The fourth-order valence-electron chi connectivity index (χ4n) is 5.23. The second kappa shape index (κ2) is 7.65. The monoisotopic (exact) mass is 368 g/mol. The molecule has 3 fully saturated rings. The Balaban J connectivity index is 1.34. The van der Waals surface area contributed by atoms with Crippen LogP contribution in [0.1, 0.15) is 56.1 Å². The first-order valence-corrected chi connectivity index (χ1v) is 10.7. The number of benzene rings is 1. The van der Waals surface area contributed by atoms with Crippen molar-refractivity contribution in [2.24, 2.45) is 11.3 Å². The summed E-state index contributed by atoms with van der Waals surface area (Å²) in [5, 5.41) is 0. The van der Waals surface area contributed by atoms with Gasteiger partial charge in [0.1, 0.15) is 0 Å². The zero-order valence-electron chi connectivity index (χ0n) is 16.6. The molecular formula is C23H32N2O2. The molecule has 0 bridgehead atoms. The normalized spacial score (nSPS) is 23.7. The molecule has 1 spiro atoms. The Hall–Kier alpha value is -1.84. The summed E-state index contributed by atoms with van der Waals surface area (Å²) in [6.45, 7) is 5.70. The molecule has 4 rings (SSSR count). The van der Waals surface area contributed by atoms with Crippen LogP contribution in [0.3, 0.4) is 0 Å². The predicted octanol–water partition coefficient (Wildman–Crippen LogP) is 3.57.